The van der Waals surface area contributed by atoms with Crippen molar-refractivity contribution in [1.29, 1.82) is 0 Å². The van der Waals surface area contributed by atoms with Gasteiger partial charge in [-0.25, -0.2) is 0 Å². The summed E-state index contributed by atoms with van der Waals surface area (Å²) in [5, 5.41) is 9.85. The number of phenolic OH excluding ortho intramolecular Hbond substituents is 1. The van der Waals surface area contributed by atoms with Crippen molar-refractivity contribution in [1.82, 2.24) is 4.98 Å². The molecule has 0 aliphatic carbocycles. The van der Waals surface area contributed by atoms with E-state index in [0.29, 0.717) is 5.75 Å². The van der Waals surface area contributed by atoms with E-state index in [1.54, 1.807) is 6.07 Å². The standard InChI is InChI=1S/C14H15NO/c1-9-8-10(2)15-11(3)14(9)12-6-4-5-7-13(12)16/h4-8,16H,1-3H3. The molecule has 0 saturated heterocycles. The average Bonchev–Trinajstić information content (AvgIpc) is 2.19. The fraction of sp³-hybridized carbons (Fsp3) is 0.214. The van der Waals surface area contributed by atoms with Crippen LogP contribution in [0.25, 0.3) is 11.1 Å². The Hall–Kier alpha value is -1.83. The van der Waals surface area contributed by atoms with Crippen LogP contribution in [-0.4, -0.2) is 10.1 Å². The molecule has 16 heavy (non-hydrogen) atoms. The van der Waals surface area contributed by atoms with Crippen LogP contribution in [-0.2, 0) is 0 Å². The lowest BCUT2D eigenvalue weighted by Gasteiger charge is -2.11. The molecule has 2 rings (SSSR count). The molecule has 2 aromatic rings. The Balaban J connectivity index is 2.70. The minimum absolute atomic E-state index is 0.305. The summed E-state index contributed by atoms with van der Waals surface area (Å²) in [6.07, 6.45) is 0. The Morgan fingerprint density at radius 1 is 1.06 bits per heavy atom. The van der Waals surface area contributed by atoms with Gasteiger partial charge in [0.05, 0.1) is 0 Å². The number of pyridine rings is 1. The highest BCUT2D eigenvalue weighted by Gasteiger charge is 2.10. The lowest BCUT2D eigenvalue weighted by atomic mass is 9.98. The van der Waals surface area contributed by atoms with Gasteiger partial charge >= 0.3 is 0 Å². The van der Waals surface area contributed by atoms with Gasteiger partial charge in [-0.3, -0.25) is 4.98 Å². The zero-order chi connectivity index (χ0) is 11.7. The number of rotatable bonds is 1. The van der Waals surface area contributed by atoms with Gasteiger partial charge < -0.3 is 5.11 Å². The van der Waals surface area contributed by atoms with Crippen LogP contribution in [0.5, 0.6) is 5.75 Å². The van der Waals surface area contributed by atoms with Crippen molar-refractivity contribution in [3.05, 3.63) is 47.3 Å². The van der Waals surface area contributed by atoms with Gasteiger partial charge in [0.15, 0.2) is 0 Å². The summed E-state index contributed by atoms with van der Waals surface area (Å²) in [5.74, 6) is 0.305. The molecule has 2 heteroatoms. The van der Waals surface area contributed by atoms with E-state index in [1.807, 2.05) is 45.0 Å². The van der Waals surface area contributed by atoms with E-state index >= 15 is 0 Å². The summed E-state index contributed by atoms with van der Waals surface area (Å²) in [4.78, 5) is 4.44. The zero-order valence-corrected chi connectivity index (χ0v) is 9.78. The SMILES string of the molecule is Cc1cc(C)c(-c2ccccc2O)c(C)n1. The Kier molecular flexibility index (Phi) is 2.65. The summed E-state index contributed by atoms with van der Waals surface area (Å²) in [6, 6.07) is 9.41. The van der Waals surface area contributed by atoms with Crippen molar-refractivity contribution in [3.8, 4) is 16.9 Å². The lowest BCUT2D eigenvalue weighted by molar-refractivity contribution is 0.477. The maximum atomic E-state index is 9.85. The second-order valence-electron chi connectivity index (χ2n) is 4.06. The molecule has 0 radical (unpaired) electrons. The number of hydrogen-bond donors (Lipinski definition) is 1. The van der Waals surface area contributed by atoms with Gasteiger partial charge in [-0.1, -0.05) is 18.2 Å². The number of phenols is 1. The molecule has 1 aromatic carbocycles. The average molecular weight is 213 g/mol. The molecular weight excluding hydrogens is 198 g/mol. The van der Waals surface area contributed by atoms with Crippen LogP contribution in [0.1, 0.15) is 17.0 Å². The van der Waals surface area contributed by atoms with Crippen molar-refractivity contribution >= 4 is 0 Å². The summed E-state index contributed by atoms with van der Waals surface area (Å²) >= 11 is 0. The minimum Gasteiger partial charge on any atom is -0.507 e. The first-order valence-electron chi connectivity index (χ1n) is 5.33. The van der Waals surface area contributed by atoms with Crippen LogP contribution < -0.4 is 0 Å². The first-order valence-corrected chi connectivity index (χ1v) is 5.33. The van der Waals surface area contributed by atoms with Gasteiger partial charge in [-0.2, -0.15) is 0 Å². The van der Waals surface area contributed by atoms with E-state index in [0.717, 1.165) is 28.1 Å². The first-order chi connectivity index (χ1) is 7.59. The Morgan fingerprint density at radius 3 is 2.38 bits per heavy atom. The van der Waals surface area contributed by atoms with Gasteiger partial charge in [0.1, 0.15) is 5.75 Å². The molecule has 82 valence electrons. The molecule has 0 aliphatic rings. The minimum atomic E-state index is 0.305. The maximum absolute atomic E-state index is 9.85. The second kappa shape index (κ2) is 3.97. The quantitative estimate of drug-likeness (QED) is 0.787. The Labute approximate surface area is 95.6 Å². The first kappa shape index (κ1) is 10.7. The van der Waals surface area contributed by atoms with Crippen LogP contribution in [0.2, 0.25) is 0 Å². The summed E-state index contributed by atoms with van der Waals surface area (Å²) in [5.41, 5.74) is 4.99. The number of aromatic hydroxyl groups is 1. The molecule has 0 saturated carbocycles. The predicted molar refractivity (Wildman–Crippen MR) is 65.5 cm³/mol. The third-order valence-corrected chi connectivity index (χ3v) is 2.70. The number of para-hydroxylation sites is 1. The van der Waals surface area contributed by atoms with Crippen molar-refractivity contribution in [2.75, 3.05) is 0 Å². The van der Waals surface area contributed by atoms with Crippen molar-refractivity contribution in [3.63, 3.8) is 0 Å². The fourth-order valence-corrected chi connectivity index (χ4v) is 2.12. The molecule has 0 unspecified atom stereocenters. The van der Waals surface area contributed by atoms with Gasteiger partial charge in [-0.15, -0.1) is 0 Å². The van der Waals surface area contributed by atoms with E-state index in [-0.39, 0.29) is 0 Å². The molecule has 2 nitrogen and oxygen atoms in total. The molecule has 0 aliphatic heterocycles. The molecule has 0 amide bonds. The van der Waals surface area contributed by atoms with Gasteiger partial charge in [0.2, 0.25) is 0 Å². The monoisotopic (exact) mass is 213 g/mol. The van der Waals surface area contributed by atoms with E-state index in [2.05, 4.69) is 4.98 Å². The number of benzene rings is 1. The third-order valence-electron chi connectivity index (χ3n) is 2.70. The van der Waals surface area contributed by atoms with Crippen LogP contribution >= 0.6 is 0 Å². The Morgan fingerprint density at radius 2 is 1.75 bits per heavy atom. The van der Waals surface area contributed by atoms with E-state index in [1.165, 1.54) is 0 Å². The number of aryl methyl sites for hydroxylation is 3. The van der Waals surface area contributed by atoms with Gasteiger partial charge in [0, 0.05) is 22.5 Å². The molecule has 0 spiro atoms. The largest absolute Gasteiger partial charge is 0.507 e. The van der Waals surface area contributed by atoms with Crippen LogP contribution in [0.15, 0.2) is 30.3 Å². The van der Waals surface area contributed by atoms with Gasteiger partial charge in [-0.05, 0) is 38.5 Å². The number of aromatic nitrogens is 1. The smallest absolute Gasteiger partial charge is 0.123 e. The highest BCUT2D eigenvalue weighted by molar-refractivity contribution is 5.74. The highest BCUT2D eigenvalue weighted by atomic mass is 16.3. The van der Waals surface area contributed by atoms with Gasteiger partial charge in [0.25, 0.3) is 0 Å². The highest BCUT2D eigenvalue weighted by Crippen LogP contribution is 2.33. The number of hydrogen-bond acceptors (Lipinski definition) is 2. The number of nitrogens with zero attached hydrogens (tertiary/aromatic N) is 1. The molecule has 0 fully saturated rings. The molecule has 0 bridgehead atoms. The van der Waals surface area contributed by atoms with Crippen LogP contribution in [0, 0.1) is 20.8 Å². The van der Waals surface area contributed by atoms with Crippen LogP contribution in [0.4, 0.5) is 0 Å². The molecule has 1 N–H and O–H groups in total. The second-order valence-corrected chi connectivity index (χ2v) is 4.06. The third kappa shape index (κ3) is 1.78. The molecule has 1 heterocycles. The normalized spacial score (nSPS) is 10.4. The lowest BCUT2D eigenvalue weighted by Crippen LogP contribution is -1.94. The summed E-state index contributed by atoms with van der Waals surface area (Å²) < 4.78 is 0. The summed E-state index contributed by atoms with van der Waals surface area (Å²) in [7, 11) is 0. The summed E-state index contributed by atoms with van der Waals surface area (Å²) in [6.45, 7) is 6.00. The predicted octanol–water partition coefficient (Wildman–Crippen LogP) is 3.38. The van der Waals surface area contributed by atoms with Crippen LogP contribution in [0.3, 0.4) is 0 Å². The van der Waals surface area contributed by atoms with Crippen molar-refractivity contribution in [2.24, 2.45) is 0 Å². The zero-order valence-electron chi connectivity index (χ0n) is 9.78. The Bertz CT molecular complexity index is 509. The molecule has 0 atom stereocenters. The topological polar surface area (TPSA) is 33.1 Å². The maximum Gasteiger partial charge on any atom is 0.123 e. The van der Waals surface area contributed by atoms with E-state index in [4.69, 9.17) is 0 Å². The van der Waals surface area contributed by atoms with E-state index in [9.17, 15) is 5.11 Å². The fourth-order valence-electron chi connectivity index (χ4n) is 2.12. The van der Waals surface area contributed by atoms with Crippen molar-refractivity contribution in [2.45, 2.75) is 20.8 Å². The van der Waals surface area contributed by atoms with Crippen molar-refractivity contribution < 1.29 is 5.11 Å². The molecular formula is C14H15NO. The van der Waals surface area contributed by atoms with E-state index < -0.39 is 0 Å². The molecule has 1 aromatic heterocycles.